The van der Waals surface area contributed by atoms with Crippen molar-refractivity contribution in [1.82, 2.24) is 4.57 Å². The molecule has 4 heterocycles. The molecule has 8 heteroatoms. The van der Waals surface area contributed by atoms with Crippen molar-refractivity contribution in [3.8, 4) is 0 Å². The molecule has 4 aromatic heterocycles. The Labute approximate surface area is 278 Å². The number of thiophene rings is 3. The van der Waals surface area contributed by atoms with Gasteiger partial charge in [-0.1, -0.05) is 48.5 Å². The molecule has 2 aliphatic rings. The van der Waals surface area contributed by atoms with Gasteiger partial charge in [-0.3, -0.25) is 19.2 Å². The van der Waals surface area contributed by atoms with Gasteiger partial charge in [0.05, 0.1) is 36.3 Å². The molecule has 0 amide bonds. The number of rotatable bonds is 2. The fourth-order valence-electron chi connectivity index (χ4n) is 6.99. The van der Waals surface area contributed by atoms with Gasteiger partial charge in [0.15, 0.2) is 23.1 Å². The molecule has 0 radical (unpaired) electrons. The van der Waals surface area contributed by atoms with Crippen LogP contribution in [0.4, 0.5) is 0 Å². The summed E-state index contributed by atoms with van der Waals surface area (Å²) in [6, 6.07) is 26.9. The Hall–Kier alpha value is -5.28. The molecule has 0 saturated carbocycles. The molecule has 10 rings (SSSR count). The number of ketones is 4. The van der Waals surface area contributed by atoms with Gasteiger partial charge < -0.3 is 4.57 Å². The number of Topliss-reactive ketones (excluding diaryl/α,β-unsaturated/α-hetero) is 4. The van der Waals surface area contributed by atoms with Crippen LogP contribution in [0.5, 0.6) is 0 Å². The lowest BCUT2D eigenvalue weighted by Gasteiger charge is -2.00. The van der Waals surface area contributed by atoms with Crippen LogP contribution in [0, 0.1) is 0 Å². The number of hydrogen-bond donors (Lipinski definition) is 0. The van der Waals surface area contributed by atoms with Gasteiger partial charge in [-0.2, -0.15) is 0 Å². The largest absolute Gasteiger partial charge is 0.341 e. The van der Waals surface area contributed by atoms with E-state index >= 15 is 0 Å². The summed E-state index contributed by atoms with van der Waals surface area (Å²) in [5, 5.41) is 3.76. The lowest BCUT2D eigenvalue weighted by molar-refractivity contribution is 0.0975. The molecular weight excluding hydrogens is 643 g/mol. The molecule has 0 spiro atoms. The highest BCUT2D eigenvalue weighted by Gasteiger charge is 2.35. The number of carbonyl (C=O) groups is 4. The lowest BCUT2D eigenvalue weighted by Crippen LogP contribution is -1.99. The average molecular weight is 662 g/mol. The van der Waals surface area contributed by atoms with E-state index in [-0.39, 0.29) is 34.3 Å². The zero-order valence-corrected chi connectivity index (χ0v) is 27.0. The second-order valence-electron chi connectivity index (χ2n) is 12.0. The molecule has 222 valence electrons. The molecule has 4 aromatic carbocycles. The Kier molecular flexibility index (Phi) is 5.37. The molecule has 0 saturated heterocycles. The summed E-state index contributed by atoms with van der Waals surface area (Å²) >= 11 is 4.83. The predicted octanol–water partition coefficient (Wildman–Crippen LogP) is 9.90. The molecule has 0 bridgehead atoms. The monoisotopic (exact) mass is 661 g/mol. The van der Waals surface area contributed by atoms with E-state index in [1.165, 1.54) is 0 Å². The van der Waals surface area contributed by atoms with E-state index in [4.69, 9.17) is 0 Å². The van der Waals surface area contributed by atoms with Crippen LogP contribution in [0.3, 0.4) is 0 Å². The minimum atomic E-state index is -0.229. The van der Waals surface area contributed by atoms with Gasteiger partial charge in [0.2, 0.25) is 0 Å². The third-order valence-corrected chi connectivity index (χ3v) is 12.9. The quantitative estimate of drug-likeness (QED) is 0.137. The lowest BCUT2D eigenvalue weighted by atomic mass is 10.0. The van der Waals surface area contributed by atoms with E-state index in [9.17, 15) is 19.2 Å². The van der Waals surface area contributed by atoms with Gasteiger partial charge in [0.25, 0.3) is 0 Å². The maximum atomic E-state index is 13.4. The number of aryl methyl sites for hydroxylation is 1. The molecule has 47 heavy (non-hydrogen) atoms. The Morgan fingerprint density at radius 3 is 1.40 bits per heavy atom. The standard InChI is InChI=1S/C39H19NO4S3/c1-40-30-16-22(14-28-33(41)24-10-18-6-2-3-7-19(18)11-25(24)34(28)42)45-37(30)39-32(40)38-31(47-39)17-23(46-38)15-29-35(43)26-12-20-8-4-5-9-21(20)13-27(26)36(29)44/h2-17H,1H3. The summed E-state index contributed by atoms with van der Waals surface area (Å²) < 4.78 is 6.59. The SMILES string of the molecule is Cn1c2cc(C=C3C(=O)c4cc5ccccc5cc4C3=O)sc2c2sc3cc(C=C4C(=O)c5cc6ccccc6cc5C4=O)sc3c21. The summed E-state index contributed by atoms with van der Waals surface area (Å²) in [6.07, 6.45) is 3.48. The Balaban J connectivity index is 1.02. The van der Waals surface area contributed by atoms with Crippen molar-refractivity contribution in [1.29, 1.82) is 0 Å². The van der Waals surface area contributed by atoms with Crippen molar-refractivity contribution in [3.63, 3.8) is 0 Å². The van der Waals surface area contributed by atoms with E-state index in [0.29, 0.717) is 22.3 Å². The van der Waals surface area contributed by atoms with Crippen molar-refractivity contribution in [2.24, 2.45) is 7.05 Å². The van der Waals surface area contributed by atoms with Crippen molar-refractivity contribution in [2.45, 2.75) is 0 Å². The highest BCUT2D eigenvalue weighted by molar-refractivity contribution is 7.35. The third-order valence-electron chi connectivity index (χ3n) is 9.30. The second-order valence-corrected chi connectivity index (χ2v) is 15.2. The van der Waals surface area contributed by atoms with E-state index in [0.717, 1.165) is 61.1 Å². The number of carbonyl (C=O) groups excluding carboxylic acids is 4. The molecule has 5 nitrogen and oxygen atoms in total. The first-order chi connectivity index (χ1) is 22.8. The van der Waals surface area contributed by atoms with Crippen LogP contribution in [0.15, 0.2) is 96.1 Å². The van der Waals surface area contributed by atoms with Crippen molar-refractivity contribution in [2.75, 3.05) is 0 Å². The normalized spacial score (nSPS) is 14.6. The van der Waals surface area contributed by atoms with Crippen molar-refractivity contribution in [3.05, 3.63) is 128 Å². The Bertz CT molecular complexity index is 2770. The molecule has 0 unspecified atom stereocenters. The average Bonchev–Trinajstić information content (AvgIpc) is 3.89. The van der Waals surface area contributed by atoms with Gasteiger partial charge >= 0.3 is 0 Å². The zero-order valence-electron chi connectivity index (χ0n) is 24.5. The number of hydrogen-bond acceptors (Lipinski definition) is 7. The maximum absolute atomic E-state index is 13.4. The summed E-state index contributed by atoms with van der Waals surface area (Å²) in [5.41, 5.74) is 4.40. The summed E-state index contributed by atoms with van der Waals surface area (Å²) in [4.78, 5) is 55.1. The first-order valence-corrected chi connectivity index (χ1v) is 17.4. The summed E-state index contributed by atoms with van der Waals surface area (Å²) in [5.74, 6) is -0.914. The smallest absolute Gasteiger partial charge is 0.197 e. The van der Waals surface area contributed by atoms with E-state index in [1.807, 2.05) is 85.9 Å². The molecule has 2 aliphatic carbocycles. The number of nitrogens with zero attached hydrogens (tertiary/aromatic N) is 1. The van der Waals surface area contributed by atoms with Crippen LogP contribution in [-0.2, 0) is 7.05 Å². The number of aromatic nitrogens is 1. The Morgan fingerprint density at radius 2 is 0.936 bits per heavy atom. The molecule has 0 aliphatic heterocycles. The highest BCUT2D eigenvalue weighted by atomic mass is 32.1. The topological polar surface area (TPSA) is 73.2 Å². The summed E-state index contributed by atoms with van der Waals surface area (Å²) in [7, 11) is 2.02. The van der Waals surface area contributed by atoms with E-state index in [1.54, 1.807) is 46.2 Å². The van der Waals surface area contributed by atoms with Crippen molar-refractivity contribution >= 4 is 121 Å². The fourth-order valence-corrected chi connectivity index (χ4v) is 10.9. The molecular formula is C39H19NO4S3. The minimum absolute atomic E-state index is 0.203. The Morgan fingerprint density at radius 1 is 0.511 bits per heavy atom. The first-order valence-electron chi connectivity index (χ1n) is 15.0. The molecule has 8 aromatic rings. The van der Waals surface area contributed by atoms with Crippen LogP contribution in [0.1, 0.15) is 51.2 Å². The first kappa shape index (κ1) is 26.9. The predicted molar refractivity (Wildman–Crippen MR) is 193 cm³/mol. The number of allylic oxidation sites excluding steroid dienone is 2. The molecule has 0 fully saturated rings. The molecule has 0 N–H and O–H groups in total. The zero-order chi connectivity index (χ0) is 31.7. The molecule has 0 atom stereocenters. The van der Waals surface area contributed by atoms with Gasteiger partial charge in [-0.15, -0.1) is 34.0 Å². The van der Waals surface area contributed by atoms with Gasteiger partial charge in [-0.25, -0.2) is 0 Å². The van der Waals surface area contributed by atoms with Crippen LogP contribution in [0.25, 0.3) is 63.5 Å². The van der Waals surface area contributed by atoms with E-state index < -0.39 is 0 Å². The van der Waals surface area contributed by atoms with Crippen LogP contribution >= 0.6 is 34.0 Å². The summed E-state index contributed by atoms with van der Waals surface area (Å²) in [6.45, 7) is 0. The maximum Gasteiger partial charge on any atom is 0.197 e. The number of benzene rings is 4. The van der Waals surface area contributed by atoms with Crippen LogP contribution in [-0.4, -0.2) is 27.7 Å². The second kappa shape index (κ2) is 9.39. The van der Waals surface area contributed by atoms with Crippen LogP contribution < -0.4 is 0 Å². The minimum Gasteiger partial charge on any atom is -0.341 e. The number of fused-ring (bicyclic) bond motifs is 9. The van der Waals surface area contributed by atoms with Crippen molar-refractivity contribution < 1.29 is 19.2 Å². The van der Waals surface area contributed by atoms with Gasteiger partial charge in [-0.05, 0) is 70.1 Å². The fraction of sp³-hybridized carbons (Fsp3) is 0.0256. The highest BCUT2D eigenvalue weighted by Crippen LogP contribution is 2.47. The van der Waals surface area contributed by atoms with Gasteiger partial charge in [0, 0.05) is 43.8 Å². The van der Waals surface area contributed by atoms with Gasteiger partial charge in [0.1, 0.15) is 0 Å². The third kappa shape index (κ3) is 3.68. The van der Waals surface area contributed by atoms with E-state index in [2.05, 4.69) is 10.6 Å². The van der Waals surface area contributed by atoms with Crippen LogP contribution in [0.2, 0.25) is 0 Å².